The molecule has 0 aliphatic rings. The zero-order valence-electron chi connectivity index (χ0n) is 7.90. The summed E-state index contributed by atoms with van der Waals surface area (Å²) >= 11 is 0. The molecule has 2 aromatic rings. The average Bonchev–Trinajstić information content (AvgIpc) is 2.19. The van der Waals surface area contributed by atoms with Gasteiger partial charge >= 0.3 is 5.63 Å². The van der Waals surface area contributed by atoms with Crippen molar-refractivity contribution in [1.82, 2.24) is 4.98 Å². The van der Waals surface area contributed by atoms with Crippen molar-refractivity contribution in [2.24, 2.45) is 0 Å². The van der Waals surface area contributed by atoms with Crippen LogP contribution < -0.4 is 10.4 Å². The number of fused-ring (bicyclic) bond motifs is 1. The molecule has 1 aromatic heterocycles. The number of rotatable bonds is 1. The molecule has 0 aliphatic carbocycles. The Morgan fingerprint density at radius 2 is 2.21 bits per heavy atom. The maximum absolute atomic E-state index is 11.2. The molecule has 2 rings (SSSR count). The zero-order chi connectivity index (χ0) is 10.1. The Balaban J connectivity index is 2.88. The summed E-state index contributed by atoms with van der Waals surface area (Å²) in [4.78, 5) is 15.3. The minimum Gasteiger partial charge on any atom is -0.494 e. The van der Waals surface area contributed by atoms with Gasteiger partial charge in [-0.2, -0.15) is 0 Å². The number of aromatic nitrogens is 1. The first kappa shape index (κ1) is 8.74. The highest BCUT2D eigenvalue weighted by Gasteiger charge is 2.06. The summed E-state index contributed by atoms with van der Waals surface area (Å²) < 4.78 is 10.1. The molecule has 0 atom stereocenters. The highest BCUT2D eigenvalue weighted by atomic mass is 16.5. The van der Waals surface area contributed by atoms with Crippen LogP contribution in [0.4, 0.5) is 0 Å². The summed E-state index contributed by atoms with van der Waals surface area (Å²) in [6.07, 6.45) is 0. The lowest BCUT2D eigenvalue weighted by atomic mass is 10.3. The third kappa shape index (κ3) is 1.25. The van der Waals surface area contributed by atoms with Gasteiger partial charge in [-0.15, -0.1) is 0 Å². The zero-order valence-corrected chi connectivity index (χ0v) is 7.90. The van der Waals surface area contributed by atoms with Crippen molar-refractivity contribution < 1.29 is 9.15 Å². The van der Waals surface area contributed by atoms with Crippen LogP contribution in [0.25, 0.3) is 11.1 Å². The number of benzene rings is 1. The van der Waals surface area contributed by atoms with Crippen LogP contribution in [0, 0.1) is 6.92 Å². The molecule has 0 N–H and O–H groups in total. The number of nitrogens with zero attached hydrogens (tertiary/aromatic N) is 1. The van der Waals surface area contributed by atoms with Crippen LogP contribution in [0.1, 0.15) is 5.69 Å². The largest absolute Gasteiger partial charge is 0.494 e. The number of hydrogen-bond donors (Lipinski definition) is 0. The molecule has 4 heteroatoms. The van der Waals surface area contributed by atoms with Crippen molar-refractivity contribution >= 4 is 11.1 Å². The van der Waals surface area contributed by atoms with Gasteiger partial charge in [-0.1, -0.05) is 6.07 Å². The molecule has 0 radical (unpaired) electrons. The Morgan fingerprint density at radius 1 is 1.43 bits per heavy atom. The number of aryl methyl sites for hydroxylation is 1. The molecule has 72 valence electrons. The number of para-hydroxylation sites is 1. The fourth-order valence-electron chi connectivity index (χ4n) is 1.25. The van der Waals surface area contributed by atoms with Crippen LogP contribution in [0.2, 0.25) is 0 Å². The number of hydrogen-bond acceptors (Lipinski definition) is 4. The van der Waals surface area contributed by atoms with Crippen LogP contribution in [-0.2, 0) is 0 Å². The van der Waals surface area contributed by atoms with Crippen LogP contribution >= 0.6 is 0 Å². The smallest absolute Gasteiger partial charge is 0.357 e. The highest BCUT2D eigenvalue weighted by molar-refractivity contribution is 5.78. The maximum atomic E-state index is 11.2. The number of ether oxygens (including phenoxy) is 1. The van der Waals surface area contributed by atoms with Crippen molar-refractivity contribution in [3.63, 3.8) is 0 Å². The molecule has 1 aromatic carbocycles. The van der Waals surface area contributed by atoms with E-state index in [2.05, 4.69) is 4.98 Å². The first-order chi connectivity index (χ1) is 6.72. The van der Waals surface area contributed by atoms with Crippen LogP contribution in [0.5, 0.6) is 5.75 Å². The van der Waals surface area contributed by atoms with Crippen molar-refractivity contribution in [1.29, 1.82) is 0 Å². The summed E-state index contributed by atoms with van der Waals surface area (Å²) in [5.74, 6) is 0.606. The van der Waals surface area contributed by atoms with Crippen LogP contribution in [0.3, 0.4) is 0 Å². The first-order valence-corrected chi connectivity index (χ1v) is 4.17. The average molecular weight is 191 g/mol. The van der Waals surface area contributed by atoms with Crippen LogP contribution in [0.15, 0.2) is 27.4 Å². The van der Waals surface area contributed by atoms with Gasteiger partial charge in [-0.25, -0.2) is 9.78 Å². The molecule has 0 aliphatic heterocycles. The van der Waals surface area contributed by atoms with Gasteiger partial charge in [0.15, 0.2) is 5.58 Å². The van der Waals surface area contributed by atoms with Crippen molar-refractivity contribution in [2.45, 2.75) is 6.92 Å². The number of methoxy groups -OCH3 is 1. The lowest BCUT2D eigenvalue weighted by Gasteiger charge is -2.02. The Kier molecular flexibility index (Phi) is 1.96. The van der Waals surface area contributed by atoms with Gasteiger partial charge in [0.2, 0.25) is 0 Å². The van der Waals surface area contributed by atoms with E-state index in [4.69, 9.17) is 9.15 Å². The second-order valence-electron chi connectivity index (χ2n) is 2.89. The lowest BCUT2D eigenvalue weighted by Crippen LogP contribution is -2.05. The monoisotopic (exact) mass is 191 g/mol. The Morgan fingerprint density at radius 3 is 2.93 bits per heavy atom. The van der Waals surface area contributed by atoms with E-state index in [1.807, 2.05) is 0 Å². The maximum Gasteiger partial charge on any atom is 0.357 e. The fraction of sp³-hybridized carbons (Fsp3) is 0.200. The quantitative estimate of drug-likeness (QED) is 0.685. The SMILES string of the molecule is COc1cccc2oc(=O)c(C)nc12. The molecule has 0 unspecified atom stereocenters. The van der Waals surface area contributed by atoms with E-state index in [1.54, 1.807) is 32.2 Å². The van der Waals surface area contributed by atoms with E-state index >= 15 is 0 Å². The van der Waals surface area contributed by atoms with E-state index in [-0.39, 0.29) is 0 Å². The molecule has 0 bridgehead atoms. The predicted octanol–water partition coefficient (Wildman–Crippen LogP) is 1.51. The van der Waals surface area contributed by atoms with Crippen molar-refractivity contribution in [3.05, 3.63) is 34.3 Å². The van der Waals surface area contributed by atoms with E-state index in [0.717, 1.165) is 0 Å². The molecule has 1 heterocycles. The normalized spacial score (nSPS) is 10.4. The van der Waals surface area contributed by atoms with E-state index in [1.165, 1.54) is 0 Å². The topological polar surface area (TPSA) is 52.3 Å². The molecule has 4 nitrogen and oxygen atoms in total. The summed E-state index contributed by atoms with van der Waals surface area (Å²) in [5.41, 5.74) is 0.944. The van der Waals surface area contributed by atoms with Gasteiger partial charge in [0, 0.05) is 0 Å². The van der Waals surface area contributed by atoms with Gasteiger partial charge < -0.3 is 9.15 Å². The lowest BCUT2D eigenvalue weighted by molar-refractivity contribution is 0.417. The van der Waals surface area contributed by atoms with Gasteiger partial charge in [0.1, 0.15) is 17.0 Å². The highest BCUT2D eigenvalue weighted by Crippen LogP contribution is 2.21. The molecular formula is C10H9NO3. The predicted molar refractivity (Wildman–Crippen MR) is 51.6 cm³/mol. The second kappa shape index (κ2) is 3.14. The van der Waals surface area contributed by atoms with Gasteiger partial charge in [0.05, 0.1) is 7.11 Å². The van der Waals surface area contributed by atoms with Gasteiger partial charge in [0.25, 0.3) is 0 Å². The summed E-state index contributed by atoms with van der Waals surface area (Å²) in [7, 11) is 1.55. The third-order valence-electron chi connectivity index (χ3n) is 1.96. The Labute approximate surface area is 80.1 Å². The summed E-state index contributed by atoms with van der Waals surface area (Å²) in [6, 6.07) is 5.21. The molecule has 0 fully saturated rings. The Hall–Kier alpha value is -1.84. The van der Waals surface area contributed by atoms with E-state index < -0.39 is 5.63 Å². The molecular weight excluding hydrogens is 182 g/mol. The van der Waals surface area contributed by atoms with Crippen LogP contribution in [-0.4, -0.2) is 12.1 Å². The first-order valence-electron chi connectivity index (χ1n) is 4.17. The molecule has 0 saturated heterocycles. The molecule has 14 heavy (non-hydrogen) atoms. The van der Waals surface area contributed by atoms with Crippen molar-refractivity contribution in [3.8, 4) is 5.75 Å². The summed E-state index contributed by atoms with van der Waals surface area (Å²) in [5, 5.41) is 0. The molecule has 0 spiro atoms. The van der Waals surface area contributed by atoms with Crippen molar-refractivity contribution in [2.75, 3.05) is 7.11 Å². The van der Waals surface area contributed by atoms with E-state index in [0.29, 0.717) is 22.5 Å². The summed E-state index contributed by atoms with van der Waals surface area (Å²) in [6.45, 7) is 1.61. The fourth-order valence-corrected chi connectivity index (χ4v) is 1.25. The van der Waals surface area contributed by atoms with E-state index in [9.17, 15) is 4.79 Å². The second-order valence-corrected chi connectivity index (χ2v) is 2.89. The standard InChI is InChI=1S/C10H9NO3/c1-6-10(12)14-8-5-3-4-7(13-2)9(8)11-6/h3-5H,1-2H3. The molecule has 0 amide bonds. The van der Waals surface area contributed by atoms with Gasteiger partial charge in [-0.3, -0.25) is 0 Å². The Bertz CT molecular complexity index is 530. The minimum absolute atomic E-state index is 0.335. The van der Waals surface area contributed by atoms with Gasteiger partial charge in [-0.05, 0) is 19.1 Å². The molecule has 0 saturated carbocycles. The minimum atomic E-state index is -0.411. The third-order valence-corrected chi connectivity index (χ3v) is 1.96.